The zero-order valence-electron chi connectivity index (χ0n) is 8.63. The molecule has 0 saturated heterocycles. The lowest BCUT2D eigenvalue weighted by atomic mass is 10.2. The van der Waals surface area contributed by atoms with Crippen molar-refractivity contribution in [3.05, 3.63) is 46.8 Å². The number of aromatic nitrogens is 2. The summed E-state index contributed by atoms with van der Waals surface area (Å²) in [6, 6.07) is 10.0. The van der Waals surface area contributed by atoms with Gasteiger partial charge in [0.05, 0.1) is 18.3 Å². The number of thiophene rings is 1. The van der Waals surface area contributed by atoms with Gasteiger partial charge in [-0.2, -0.15) is 5.10 Å². The number of nitrogens with two attached hydrogens (primary N) is 1. The molecule has 3 nitrogen and oxygen atoms in total. The van der Waals surface area contributed by atoms with Crippen LogP contribution in [0.25, 0.3) is 10.9 Å². The van der Waals surface area contributed by atoms with Crippen LogP contribution in [-0.2, 0) is 6.54 Å². The van der Waals surface area contributed by atoms with E-state index in [9.17, 15) is 0 Å². The van der Waals surface area contributed by atoms with Crippen molar-refractivity contribution in [3.63, 3.8) is 0 Å². The van der Waals surface area contributed by atoms with Gasteiger partial charge < -0.3 is 5.73 Å². The first-order valence-electron chi connectivity index (χ1n) is 5.06. The second-order valence-electron chi connectivity index (χ2n) is 3.70. The monoisotopic (exact) mass is 229 g/mol. The highest BCUT2D eigenvalue weighted by Crippen LogP contribution is 2.19. The average molecular weight is 229 g/mol. The molecule has 1 aromatic carbocycles. The maximum absolute atomic E-state index is 5.79. The lowest BCUT2D eigenvalue weighted by Gasteiger charge is -2.01. The zero-order chi connectivity index (χ0) is 11.0. The van der Waals surface area contributed by atoms with Crippen LogP contribution in [0.5, 0.6) is 0 Å². The van der Waals surface area contributed by atoms with E-state index in [1.165, 1.54) is 4.88 Å². The molecule has 0 aliphatic carbocycles. The van der Waals surface area contributed by atoms with Crippen molar-refractivity contribution in [3.8, 4) is 0 Å². The van der Waals surface area contributed by atoms with E-state index in [4.69, 9.17) is 5.73 Å². The molecule has 0 radical (unpaired) electrons. The topological polar surface area (TPSA) is 43.8 Å². The van der Waals surface area contributed by atoms with Gasteiger partial charge in [-0.05, 0) is 29.6 Å². The molecule has 0 fully saturated rings. The van der Waals surface area contributed by atoms with Gasteiger partial charge in [-0.25, -0.2) is 0 Å². The second kappa shape index (κ2) is 3.64. The van der Waals surface area contributed by atoms with Gasteiger partial charge in [0, 0.05) is 16.0 Å². The Labute approximate surface area is 97.1 Å². The van der Waals surface area contributed by atoms with Gasteiger partial charge in [0.2, 0.25) is 0 Å². The molecule has 3 aromatic rings. The van der Waals surface area contributed by atoms with E-state index in [0.29, 0.717) is 0 Å². The van der Waals surface area contributed by atoms with Crippen molar-refractivity contribution < 1.29 is 0 Å². The summed E-state index contributed by atoms with van der Waals surface area (Å²) >= 11 is 1.74. The smallest absolute Gasteiger partial charge is 0.0759 e. The third-order valence-corrected chi connectivity index (χ3v) is 3.42. The molecule has 0 bridgehead atoms. The molecule has 16 heavy (non-hydrogen) atoms. The highest BCUT2D eigenvalue weighted by Gasteiger charge is 2.03. The molecular formula is C12H11N3S. The molecule has 0 atom stereocenters. The first kappa shape index (κ1) is 9.42. The van der Waals surface area contributed by atoms with Gasteiger partial charge in [0.25, 0.3) is 0 Å². The molecule has 0 spiro atoms. The summed E-state index contributed by atoms with van der Waals surface area (Å²) in [5.74, 6) is 0. The van der Waals surface area contributed by atoms with Crippen LogP contribution >= 0.6 is 11.3 Å². The quantitative estimate of drug-likeness (QED) is 0.687. The second-order valence-corrected chi connectivity index (χ2v) is 4.73. The number of fused-ring (bicyclic) bond motifs is 1. The Balaban J connectivity index is 2.07. The van der Waals surface area contributed by atoms with Crippen LogP contribution in [0.2, 0.25) is 0 Å². The largest absolute Gasteiger partial charge is 0.399 e. The van der Waals surface area contributed by atoms with Gasteiger partial charge in [-0.1, -0.05) is 6.07 Å². The summed E-state index contributed by atoms with van der Waals surface area (Å²) in [5, 5.41) is 7.59. The number of nitrogens with zero attached hydrogens (tertiary/aromatic N) is 2. The Morgan fingerprint density at radius 1 is 1.31 bits per heavy atom. The van der Waals surface area contributed by atoms with E-state index in [0.717, 1.165) is 23.1 Å². The summed E-state index contributed by atoms with van der Waals surface area (Å²) in [6.07, 6.45) is 1.88. The average Bonchev–Trinajstić information content (AvgIpc) is 2.90. The molecule has 0 aliphatic rings. The van der Waals surface area contributed by atoms with Crippen LogP contribution in [0.3, 0.4) is 0 Å². The van der Waals surface area contributed by atoms with Crippen molar-refractivity contribution >= 4 is 27.9 Å². The van der Waals surface area contributed by atoms with Crippen LogP contribution in [-0.4, -0.2) is 9.78 Å². The highest BCUT2D eigenvalue weighted by atomic mass is 32.1. The minimum Gasteiger partial charge on any atom is -0.399 e. The number of rotatable bonds is 2. The van der Waals surface area contributed by atoms with Crippen molar-refractivity contribution in [1.82, 2.24) is 9.78 Å². The number of hydrogen-bond acceptors (Lipinski definition) is 3. The summed E-state index contributed by atoms with van der Waals surface area (Å²) < 4.78 is 1.98. The van der Waals surface area contributed by atoms with Crippen molar-refractivity contribution in [1.29, 1.82) is 0 Å². The molecule has 2 heterocycles. The number of nitrogen functional groups attached to an aromatic ring is 1. The number of benzene rings is 1. The van der Waals surface area contributed by atoms with Gasteiger partial charge in [0.15, 0.2) is 0 Å². The third kappa shape index (κ3) is 1.57. The minimum absolute atomic E-state index is 0.778. The van der Waals surface area contributed by atoms with E-state index in [2.05, 4.69) is 22.6 Å². The Morgan fingerprint density at radius 2 is 2.25 bits per heavy atom. The fourth-order valence-corrected chi connectivity index (χ4v) is 2.45. The van der Waals surface area contributed by atoms with Gasteiger partial charge in [-0.15, -0.1) is 11.3 Å². The molecule has 0 unspecified atom stereocenters. The normalized spacial score (nSPS) is 11.0. The van der Waals surface area contributed by atoms with Gasteiger partial charge in [-0.3, -0.25) is 4.68 Å². The van der Waals surface area contributed by atoms with Crippen molar-refractivity contribution in [2.75, 3.05) is 5.73 Å². The lowest BCUT2D eigenvalue weighted by molar-refractivity contribution is 0.721. The molecule has 80 valence electrons. The summed E-state index contributed by atoms with van der Waals surface area (Å²) in [7, 11) is 0. The lowest BCUT2D eigenvalue weighted by Crippen LogP contribution is -1.99. The Hall–Kier alpha value is -1.81. The Kier molecular flexibility index (Phi) is 2.15. The van der Waals surface area contributed by atoms with Crippen LogP contribution in [0.15, 0.2) is 41.9 Å². The first-order chi connectivity index (χ1) is 7.83. The van der Waals surface area contributed by atoms with Crippen molar-refractivity contribution in [2.24, 2.45) is 0 Å². The van der Waals surface area contributed by atoms with Crippen LogP contribution < -0.4 is 5.73 Å². The van der Waals surface area contributed by atoms with Crippen LogP contribution in [0.1, 0.15) is 4.88 Å². The standard InChI is InChI=1S/C12H11N3S/c13-10-4-3-9-7-14-15(12(9)6-10)8-11-2-1-5-16-11/h1-7H,8,13H2. The van der Waals surface area contributed by atoms with Crippen LogP contribution in [0.4, 0.5) is 5.69 Å². The molecule has 2 N–H and O–H groups in total. The van der Waals surface area contributed by atoms with E-state index in [1.54, 1.807) is 11.3 Å². The molecule has 0 amide bonds. The van der Waals surface area contributed by atoms with E-state index in [-0.39, 0.29) is 0 Å². The number of hydrogen-bond donors (Lipinski definition) is 1. The highest BCUT2D eigenvalue weighted by molar-refractivity contribution is 7.09. The first-order valence-corrected chi connectivity index (χ1v) is 5.94. The van der Waals surface area contributed by atoms with E-state index < -0.39 is 0 Å². The summed E-state index contributed by atoms with van der Waals surface area (Å²) in [6.45, 7) is 0.810. The minimum atomic E-state index is 0.778. The van der Waals surface area contributed by atoms with E-state index in [1.807, 2.05) is 29.1 Å². The zero-order valence-corrected chi connectivity index (χ0v) is 9.45. The molecule has 0 aliphatic heterocycles. The molecule has 3 rings (SSSR count). The fraction of sp³-hybridized carbons (Fsp3) is 0.0833. The summed E-state index contributed by atoms with van der Waals surface area (Å²) in [5.41, 5.74) is 7.66. The van der Waals surface area contributed by atoms with Gasteiger partial charge in [0.1, 0.15) is 0 Å². The van der Waals surface area contributed by atoms with Crippen LogP contribution in [0, 0.1) is 0 Å². The predicted molar refractivity (Wildman–Crippen MR) is 67.6 cm³/mol. The molecule has 2 aromatic heterocycles. The maximum atomic E-state index is 5.79. The predicted octanol–water partition coefficient (Wildman–Crippen LogP) is 2.73. The third-order valence-electron chi connectivity index (χ3n) is 2.55. The molecule has 0 saturated carbocycles. The SMILES string of the molecule is Nc1ccc2cnn(Cc3cccs3)c2c1. The fourth-order valence-electron chi connectivity index (χ4n) is 1.76. The Bertz CT molecular complexity index is 610. The van der Waals surface area contributed by atoms with E-state index >= 15 is 0 Å². The Morgan fingerprint density at radius 3 is 3.06 bits per heavy atom. The summed E-state index contributed by atoms with van der Waals surface area (Å²) in [4.78, 5) is 1.30. The molecule has 4 heteroatoms. The number of anilines is 1. The maximum Gasteiger partial charge on any atom is 0.0759 e. The van der Waals surface area contributed by atoms with Crippen molar-refractivity contribution in [2.45, 2.75) is 6.54 Å². The van der Waals surface area contributed by atoms with Gasteiger partial charge >= 0.3 is 0 Å². The molecular weight excluding hydrogens is 218 g/mol.